The van der Waals surface area contributed by atoms with E-state index in [0.717, 1.165) is 32.1 Å². The third kappa shape index (κ3) is 3.72. The number of aliphatic carboxylic acids is 1. The van der Waals surface area contributed by atoms with E-state index in [4.69, 9.17) is 5.11 Å². The van der Waals surface area contributed by atoms with Crippen LogP contribution in [0.5, 0.6) is 0 Å². The predicted molar refractivity (Wildman–Crippen MR) is 91.7 cm³/mol. The van der Waals surface area contributed by atoms with Crippen LogP contribution in [0.25, 0.3) is 10.1 Å². The second-order valence-corrected chi connectivity index (χ2v) is 7.27. The number of rotatable bonds is 7. The number of fused-ring (bicyclic) bond motifs is 1. The van der Waals surface area contributed by atoms with E-state index in [1.807, 2.05) is 12.1 Å². The van der Waals surface area contributed by atoms with Gasteiger partial charge in [0.15, 0.2) is 0 Å². The van der Waals surface area contributed by atoms with Crippen LogP contribution in [0.3, 0.4) is 0 Å². The molecular formula is C18H21NO3S. The topological polar surface area (TPSA) is 66.4 Å². The molecule has 122 valence electrons. The molecule has 3 rings (SSSR count). The van der Waals surface area contributed by atoms with Crippen molar-refractivity contribution in [3.8, 4) is 0 Å². The normalized spacial score (nSPS) is 16.0. The molecule has 23 heavy (non-hydrogen) atoms. The lowest BCUT2D eigenvalue weighted by atomic mass is 9.74. The Morgan fingerprint density at radius 1 is 1.26 bits per heavy atom. The molecule has 1 amide bonds. The Bertz CT molecular complexity index is 718. The van der Waals surface area contributed by atoms with E-state index < -0.39 is 11.5 Å². The van der Waals surface area contributed by atoms with E-state index in [0.29, 0.717) is 6.42 Å². The van der Waals surface area contributed by atoms with Gasteiger partial charge in [-0.05, 0) is 54.5 Å². The number of carboxylic acids is 1. The Morgan fingerprint density at radius 2 is 2.04 bits per heavy atom. The number of benzene rings is 1. The standard InChI is InChI=1S/C18H21NO3S/c20-16(19-18(9-4-10-18)11-17(21)22)8-3-5-13-12-23-15-7-2-1-6-14(13)15/h1-2,6-7,12H,3-5,8-11H2,(H,19,20)(H,21,22). The van der Waals surface area contributed by atoms with Gasteiger partial charge in [-0.15, -0.1) is 11.3 Å². The van der Waals surface area contributed by atoms with Crippen molar-refractivity contribution in [2.45, 2.75) is 50.5 Å². The van der Waals surface area contributed by atoms with Gasteiger partial charge in [0.2, 0.25) is 5.91 Å². The summed E-state index contributed by atoms with van der Waals surface area (Å²) in [4.78, 5) is 23.1. The van der Waals surface area contributed by atoms with E-state index >= 15 is 0 Å². The van der Waals surface area contributed by atoms with E-state index in [-0.39, 0.29) is 12.3 Å². The number of carbonyl (C=O) groups excluding carboxylic acids is 1. The Hall–Kier alpha value is -1.88. The fraction of sp³-hybridized carbons (Fsp3) is 0.444. The number of nitrogens with one attached hydrogen (secondary N) is 1. The molecule has 1 heterocycles. The van der Waals surface area contributed by atoms with Crippen molar-refractivity contribution in [2.24, 2.45) is 0 Å². The van der Waals surface area contributed by atoms with Crippen molar-refractivity contribution in [1.29, 1.82) is 0 Å². The average Bonchev–Trinajstić information content (AvgIpc) is 2.88. The smallest absolute Gasteiger partial charge is 0.305 e. The van der Waals surface area contributed by atoms with E-state index in [9.17, 15) is 9.59 Å². The molecule has 1 aromatic carbocycles. The Morgan fingerprint density at radius 3 is 2.74 bits per heavy atom. The van der Waals surface area contributed by atoms with Gasteiger partial charge in [-0.1, -0.05) is 18.2 Å². The minimum absolute atomic E-state index is 0.0227. The third-order valence-corrected chi connectivity index (χ3v) is 5.63. The van der Waals surface area contributed by atoms with Crippen LogP contribution in [0, 0.1) is 0 Å². The van der Waals surface area contributed by atoms with Gasteiger partial charge in [0.25, 0.3) is 0 Å². The summed E-state index contributed by atoms with van der Waals surface area (Å²) in [7, 11) is 0. The summed E-state index contributed by atoms with van der Waals surface area (Å²) in [6.45, 7) is 0. The van der Waals surface area contributed by atoms with Crippen LogP contribution < -0.4 is 5.32 Å². The molecule has 1 aliphatic rings. The fourth-order valence-corrected chi connectivity index (χ4v) is 4.26. The molecular weight excluding hydrogens is 310 g/mol. The summed E-state index contributed by atoms with van der Waals surface area (Å²) in [5.41, 5.74) is 0.806. The van der Waals surface area contributed by atoms with Gasteiger partial charge in [0, 0.05) is 11.1 Å². The number of carbonyl (C=O) groups is 2. The Kier molecular flexibility index (Phi) is 4.66. The molecule has 1 aliphatic carbocycles. The maximum absolute atomic E-state index is 12.1. The maximum Gasteiger partial charge on any atom is 0.305 e. The molecule has 1 fully saturated rings. The van der Waals surface area contributed by atoms with Crippen molar-refractivity contribution in [3.63, 3.8) is 0 Å². The van der Waals surface area contributed by atoms with Gasteiger partial charge in [0.1, 0.15) is 0 Å². The quantitative estimate of drug-likeness (QED) is 0.812. The van der Waals surface area contributed by atoms with Crippen LogP contribution in [0.1, 0.15) is 44.1 Å². The number of amides is 1. The van der Waals surface area contributed by atoms with E-state index in [1.165, 1.54) is 15.6 Å². The predicted octanol–water partition coefficient (Wildman–Crippen LogP) is 3.74. The summed E-state index contributed by atoms with van der Waals surface area (Å²) in [6.07, 6.45) is 4.70. The molecule has 0 atom stereocenters. The molecule has 1 saturated carbocycles. The number of hydrogen-bond donors (Lipinski definition) is 2. The number of hydrogen-bond acceptors (Lipinski definition) is 3. The van der Waals surface area contributed by atoms with Crippen molar-refractivity contribution in [1.82, 2.24) is 5.32 Å². The van der Waals surface area contributed by atoms with Gasteiger partial charge >= 0.3 is 5.97 Å². The lowest BCUT2D eigenvalue weighted by Crippen LogP contribution is -2.54. The van der Waals surface area contributed by atoms with Gasteiger partial charge in [-0.2, -0.15) is 0 Å². The molecule has 2 aromatic rings. The van der Waals surface area contributed by atoms with Crippen LogP contribution in [-0.4, -0.2) is 22.5 Å². The Balaban J connectivity index is 1.50. The molecule has 4 nitrogen and oxygen atoms in total. The second kappa shape index (κ2) is 6.71. The maximum atomic E-state index is 12.1. The summed E-state index contributed by atoms with van der Waals surface area (Å²) in [5, 5.41) is 15.4. The minimum atomic E-state index is -0.838. The molecule has 0 spiro atoms. The van der Waals surface area contributed by atoms with Crippen LogP contribution >= 0.6 is 11.3 Å². The summed E-state index contributed by atoms with van der Waals surface area (Å²) >= 11 is 1.74. The summed E-state index contributed by atoms with van der Waals surface area (Å²) in [5.74, 6) is -0.861. The highest BCUT2D eigenvalue weighted by molar-refractivity contribution is 7.17. The molecule has 0 aliphatic heterocycles. The Labute approximate surface area is 139 Å². The first kappa shape index (κ1) is 16.0. The monoisotopic (exact) mass is 331 g/mol. The van der Waals surface area contributed by atoms with Gasteiger partial charge in [-0.3, -0.25) is 9.59 Å². The zero-order valence-electron chi connectivity index (χ0n) is 13.0. The first-order valence-electron chi connectivity index (χ1n) is 8.06. The molecule has 1 aromatic heterocycles. The van der Waals surface area contributed by atoms with Crippen molar-refractivity contribution < 1.29 is 14.7 Å². The molecule has 0 bridgehead atoms. The van der Waals surface area contributed by atoms with Crippen LogP contribution in [0.4, 0.5) is 0 Å². The number of aryl methyl sites for hydroxylation is 1. The van der Waals surface area contributed by atoms with Crippen molar-refractivity contribution in [2.75, 3.05) is 0 Å². The number of carboxylic acid groups (broad SMARTS) is 1. The highest BCUT2D eigenvalue weighted by Crippen LogP contribution is 2.35. The van der Waals surface area contributed by atoms with Crippen molar-refractivity contribution in [3.05, 3.63) is 35.2 Å². The minimum Gasteiger partial charge on any atom is -0.481 e. The highest BCUT2D eigenvalue weighted by Gasteiger charge is 2.40. The highest BCUT2D eigenvalue weighted by atomic mass is 32.1. The lowest BCUT2D eigenvalue weighted by Gasteiger charge is -2.41. The molecule has 5 heteroatoms. The van der Waals surface area contributed by atoms with Crippen LogP contribution in [0.15, 0.2) is 29.6 Å². The third-order valence-electron chi connectivity index (χ3n) is 4.62. The zero-order valence-corrected chi connectivity index (χ0v) is 13.8. The van der Waals surface area contributed by atoms with Crippen LogP contribution in [0.2, 0.25) is 0 Å². The average molecular weight is 331 g/mol. The first-order valence-corrected chi connectivity index (χ1v) is 8.94. The number of thiophene rings is 1. The van der Waals surface area contributed by atoms with Crippen LogP contribution in [-0.2, 0) is 16.0 Å². The SMILES string of the molecule is O=C(O)CC1(NC(=O)CCCc2csc3ccccc23)CCC1. The molecule has 0 saturated heterocycles. The lowest BCUT2D eigenvalue weighted by molar-refractivity contribution is -0.140. The van der Waals surface area contributed by atoms with E-state index in [2.05, 4.69) is 22.8 Å². The molecule has 0 radical (unpaired) electrons. The largest absolute Gasteiger partial charge is 0.481 e. The van der Waals surface area contributed by atoms with Gasteiger partial charge in [0.05, 0.1) is 12.0 Å². The first-order chi connectivity index (χ1) is 11.1. The zero-order chi connectivity index (χ0) is 16.3. The van der Waals surface area contributed by atoms with Crippen molar-refractivity contribution >= 4 is 33.3 Å². The molecule has 2 N–H and O–H groups in total. The van der Waals surface area contributed by atoms with Gasteiger partial charge < -0.3 is 10.4 Å². The summed E-state index contributed by atoms with van der Waals surface area (Å²) in [6, 6.07) is 8.31. The fourth-order valence-electron chi connectivity index (χ4n) is 3.26. The second-order valence-electron chi connectivity index (χ2n) is 6.36. The van der Waals surface area contributed by atoms with Gasteiger partial charge in [-0.25, -0.2) is 0 Å². The molecule has 0 unspecified atom stereocenters. The summed E-state index contributed by atoms with van der Waals surface area (Å²) < 4.78 is 1.28. The van der Waals surface area contributed by atoms with E-state index in [1.54, 1.807) is 11.3 Å².